The standard InChI is InChI=1S/C23H17Cl2N3O4/c1-13-20(22(31)15-3-5-16(24)6-4-15)21-23(27-9-8-26-21)28(13)11-14-2-7-17(25)18(10-14)32-12-19(29)30/h2-10H,11-12H2,1H3,(H,29,30). The van der Waals surface area contributed by atoms with Crippen LogP contribution in [0.15, 0.2) is 54.9 Å². The lowest BCUT2D eigenvalue weighted by atomic mass is 10.0. The van der Waals surface area contributed by atoms with E-state index in [9.17, 15) is 9.59 Å². The lowest BCUT2D eigenvalue weighted by Crippen LogP contribution is -2.10. The molecule has 2 aromatic carbocycles. The second-order valence-electron chi connectivity index (χ2n) is 7.06. The fourth-order valence-electron chi connectivity index (χ4n) is 3.46. The third-order valence-electron chi connectivity index (χ3n) is 4.96. The van der Waals surface area contributed by atoms with Crippen LogP contribution in [0.2, 0.25) is 10.0 Å². The molecule has 0 fully saturated rings. The Hall–Kier alpha value is -3.42. The molecule has 9 heteroatoms. The smallest absolute Gasteiger partial charge is 0.341 e. The van der Waals surface area contributed by atoms with Crippen molar-refractivity contribution < 1.29 is 19.4 Å². The summed E-state index contributed by atoms with van der Waals surface area (Å²) in [4.78, 5) is 33.0. The molecule has 32 heavy (non-hydrogen) atoms. The quantitative estimate of drug-likeness (QED) is 0.391. The first-order valence-electron chi connectivity index (χ1n) is 9.58. The maximum absolute atomic E-state index is 13.3. The molecule has 0 spiro atoms. The molecular formula is C23H17Cl2N3O4. The van der Waals surface area contributed by atoms with Gasteiger partial charge >= 0.3 is 5.97 Å². The van der Waals surface area contributed by atoms with Crippen LogP contribution in [-0.2, 0) is 11.3 Å². The zero-order chi connectivity index (χ0) is 22.8. The van der Waals surface area contributed by atoms with Crippen molar-refractivity contribution in [3.63, 3.8) is 0 Å². The molecule has 1 N–H and O–H groups in total. The number of halogens is 2. The van der Waals surface area contributed by atoms with E-state index in [0.29, 0.717) is 44.6 Å². The van der Waals surface area contributed by atoms with Crippen LogP contribution in [0.25, 0.3) is 11.2 Å². The highest BCUT2D eigenvalue weighted by Gasteiger charge is 2.23. The van der Waals surface area contributed by atoms with E-state index in [-0.39, 0.29) is 11.5 Å². The molecule has 0 atom stereocenters. The zero-order valence-corrected chi connectivity index (χ0v) is 18.4. The van der Waals surface area contributed by atoms with Gasteiger partial charge in [-0.25, -0.2) is 9.78 Å². The molecule has 0 aliphatic rings. The van der Waals surface area contributed by atoms with Gasteiger partial charge in [-0.1, -0.05) is 29.3 Å². The number of nitrogens with zero attached hydrogens (tertiary/aromatic N) is 3. The number of ether oxygens (including phenoxy) is 1. The van der Waals surface area contributed by atoms with Gasteiger partial charge in [-0.15, -0.1) is 0 Å². The number of hydrogen-bond acceptors (Lipinski definition) is 5. The van der Waals surface area contributed by atoms with E-state index < -0.39 is 12.6 Å². The predicted octanol–water partition coefficient (Wildman–Crippen LogP) is 4.79. The highest BCUT2D eigenvalue weighted by atomic mass is 35.5. The Morgan fingerprint density at radius 1 is 1.06 bits per heavy atom. The minimum Gasteiger partial charge on any atom is -0.480 e. The van der Waals surface area contributed by atoms with Gasteiger partial charge in [0.15, 0.2) is 18.0 Å². The molecule has 0 aliphatic carbocycles. The van der Waals surface area contributed by atoms with Crippen LogP contribution in [-0.4, -0.2) is 38.0 Å². The van der Waals surface area contributed by atoms with Crippen LogP contribution >= 0.6 is 23.2 Å². The molecule has 2 heterocycles. The Morgan fingerprint density at radius 2 is 1.78 bits per heavy atom. The number of aromatic nitrogens is 3. The van der Waals surface area contributed by atoms with Crippen molar-refractivity contribution in [3.05, 3.63) is 87.3 Å². The molecule has 0 saturated carbocycles. The number of carboxylic acids is 1. The number of benzene rings is 2. The molecule has 0 saturated heterocycles. The number of ketones is 1. The van der Waals surface area contributed by atoms with Crippen LogP contribution in [0, 0.1) is 6.92 Å². The Kier molecular flexibility index (Phi) is 6.12. The number of carbonyl (C=O) groups is 2. The van der Waals surface area contributed by atoms with Gasteiger partial charge in [0, 0.05) is 35.2 Å². The average molecular weight is 470 g/mol. The maximum Gasteiger partial charge on any atom is 0.341 e. The van der Waals surface area contributed by atoms with Gasteiger partial charge < -0.3 is 14.4 Å². The van der Waals surface area contributed by atoms with Crippen LogP contribution in [0.1, 0.15) is 27.2 Å². The molecule has 4 rings (SSSR count). The SMILES string of the molecule is Cc1c(C(=O)c2ccc(Cl)cc2)c2nccnc2n1Cc1ccc(Cl)c(OCC(=O)O)c1. The van der Waals surface area contributed by atoms with Crippen LogP contribution in [0.3, 0.4) is 0 Å². The second-order valence-corrected chi connectivity index (χ2v) is 7.90. The van der Waals surface area contributed by atoms with E-state index in [1.807, 2.05) is 11.5 Å². The van der Waals surface area contributed by atoms with Gasteiger partial charge in [0.25, 0.3) is 0 Å². The van der Waals surface area contributed by atoms with Gasteiger partial charge in [-0.05, 0) is 48.9 Å². The largest absolute Gasteiger partial charge is 0.480 e. The van der Waals surface area contributed by atoms with Crippen molar-refractivity contribution in [2.45, 2.75) is 13.5 Å². The van der Waals surface area contributed by atoms with Crippen molar-refractivity contribution in [1.82, 2.24) is 14.5 Å². The molecular weight excluding hydrogens is 453 g/mol. The predicted molar refractivity (Wildman–Crippen MR) is 121 cm³/mol. The fraction of sp³-hybridized carbons (Fsp3) is 0.130. The molecule has 2 aromatic heterocycles. The number of hydrogen-bond donors (Lipinski definition) is 1. The number of carboxylic acid groups (broad SMARTS) is 1. The lowest BCUT2D eigenvalue weighted by Gasteiger charge is -2.11. The summed E-state index contributed by atoms with van der Waals surface area (Å²) in [6, 6.07) is 11.8. The Balaban J connectivity index is 1.75. The van der Waals surface area contributed by atoms with Crippen LogP contribution < -0.4 is 4.74 Å². The highest BCUT2D eigenvalue weighted by molar-refractivity contribution is 6.32. The number of rotatable bonds is 7. The first-order valence-corrected chi connectivity index (χ1v) is 10.3. The van der Waals surface area contributed by atoms with E-state index >= 15 is 0 Å². The minimum atomic E-state index is -1.10. The summed E-state index contributed by atoms with van der Waals surface area (Å²) < 4.78 is 7.16. The third-order valence-corrected chi connectivity index (χ3v) is 5.52. The highest BCUT2D eigenvalue weighted by Crippen LogP contribution is 2.29. The first-order chi connectivity index (χ1) is 15.3. The summed E-state index contributed by atoms with van der Waals surface area (Å²) in [7, 11) is 0. The van der Waals surface area contributed by atoms with Gasteiger partial charge in [-0.3, -0.25) is 9.78 Å². The second kappa shape index (κ2) is 8.98. The molecule has 162 valence electrons. The van der Waals surface area contributed by atoms with E-state index in [2.05, 4.69) is 9.97 Å². The first kappa shape index (κ1) is 21.8. The van der Waals surface area contributed by atoms with Gasteiger partial charge in [-0.2, -0.15) is 0 Å². The van der Waals surface area contributed by atoms with Gasteiger partial charge in [0.2, 0.25) is 0 Å². The van der Waals surface area contributed by atoms with Crippen LogP contribution in [0.4, 0.5) is 0 Å². The fourth-order valence-corrected chi connectivity index (χ4v) is 3.76. The summed E-state index contributed by atoms with van der Waals surface area (Å²) in [6.45, 7) is 1.69. The summed E-state index contributed by atoms with van der Waals surface area (Å²) in [5.74, 6) is -1.01. The van der Waals surface area contributed by atoms with Crippen molar-refractivity contribution in [1.29, 1.82) is 0 Å². The topological polar surface area (TPSA) is 94.3 Å². The third kappa shape index (κ3) is 4.30. The monoisotopic (exact) mass is 469 g/mol. The molecule has 4 aromatic rings. The molecule has 0 aliphatic heterocycles. The minimum absolute atomic E-state index is 0.176. The maximum atomic E-state index is 13.3. The van der Waals surface area contributed by atoms with Gasteiger partial charge in [0.05, 0.1) is 10.6 Å². The molecule has 0 radical (unpaired) electrons. The Morgan fingerprint density at radius 3 is 2.50 bits per heavy atom. The van der Waals surface area contributed by atoms with E-state index in [4.69, 9.17) is 33.0 Å². The number of fused-ring (bicyclic) bond motifs is 1. The summed E-state index contributed by atoms with van der Waals surface area (Å²) in [5, 5.41) is 9.72. The molecule has 0 amide bonds. The normalized spacial score (nSPS) is 11.0. The van der Waals surface area contributed by atoms with E-state index in [0.717, 1.165) is 5.56 Å². The molecule has 0 bridgehead atoms. The molecule has 7 nitrogen and oxygen atoms in total. The summed E-state index contributed by atoms with van der Waals surface area (Å²) in [5.41, 5.74) is 3.52. The molecule has 0 unspecified atom stereocenters. The average Bonchev–Trinajstić information content (AvgIpc) is 3.05. The van der Waals surface area contributed by atoms with Crippen molar-refractivity contribution in [2.24, 2.45) is 0 Å². The zero-order valence-electron chi connectivity index (χ0n) is 16.9. The van der Waals surface area contributed by atoms with Crippen molar-refractivity contribution >= 4 is 46.1 Å². The number of aliphatic carboxylic acids is 1. The van der Waals surface area contributed by atoms with Gasteiger partial charge in [0.1, 0.15) is 11.3 Å². The van der Waals surface area contributed by atoms with E-state index in [1.54, 1.807) is 54.9 Å². The summed E-state index contributed by atoms with van der Waals surface area (Å²) >= 11 is 12.1. The Labute approximate surface area is 193 Å². The number of carbonyl (C=O) groups excluding carboxylic acids is 1. The van der Waals surface area contributed by atoms with Crippen molar-refractivity contribution in [2.75, 3.05) is 6.61 Å². The summed E-state index contributed by atoms with van der Waals surface area (Å²) in [6.07, 6.45) is 3.11. The lowest BCUT2D eigenvalue weighted by molar-refractivity contribution is -0.139. The van der Waals surface area contributed by atoms with E-state index in [1.165, 1.54) is 0 Å². The Bertz CT molecular complexity index is 1330. The van der Waals surface area contributed by atoms with Crippen molar-refractivity contribution in [3.8, 4) is 5.75 Å². The van der Waals surface area contributed by atoms with Crippen LogP contribution in [0.5, 0.6) is 5.75 Å².